The zero-order valence-electron chi connectivity index (χ0n) is 30.5. The van der Waals surface area contributed by atoms with Gasteiger partial charge in [0.25, 0.3) is 0 Å². The molecule has 1 aliphatic heterocycles. The molecule has 10 aromatic rings. The quantitative estimate of drug-likeness (QED) is 0.182. The Labute approximate surface area is 326 Å². The van der Waals surface area contributed by atoms with Crippen LogP contribution in [0.2, 0.25) is 0 Å². The van der Waals surface area contributed by atoms with Gasteiger partial charge in [-0.2, -0.15) is 13.2 Å². The highest BCUT2D eigenvalue weighted by Crippen LogP contribution is 2.46. The number of rotatable bonds is 4. The van der Waals surface area contributed by atoms with E-state index >= 15 is 0 Å². The molecule has 0 spiro atoms. The molecule has 0 saturated heterocycles. The van der Waals surface area contributed by atoms with Gasteiger partial charge in [-0.1, -0.05) is 133 Å². The third kappa shape index (κ3) is 5.40. The molecule has 3 heterocycles. The summed E-state index contributed by atoms with van der Waals surface area (Å²) >= 11 is 0. The monoisotopic (exact) mass is 743 g/mol. The van der Waals surface area contributed by atoms with Gasteiger partial charge >= 0.3 is 6.18 Å². The molecule has 0 aliphatic carbocycles. The molecule has 57 heavy (non-hydrogen) atoms. The number of benzene rings is 8. The standard InChI is InChI=1S/C51H32F3N3/c52-51(53,54)38-29-44(56-47(30-38)57-45-17-8-7-16-42(45)50-46(57)18-9-25-55-50)35-23-24-41-43(28-35)49(37-22-20-32-11-2-4-13-34(32)27-37)40-15-6-5-14-39(40)48(41)36-21-19-31-10-1-3-12-33(31)26-36/h1-24,26-30,55H,25H2. The van der Waals surface area contributed by atoms with Crippen LogP contribution in [-0.4, -0.2) is 16.1 Å². The summed E-state index contributed by atoms with van der Waals surface area (Å²) in [5, 5.41) is 13.0. The second-order valence-corrected chi connectivity index (χ2v) is 14.7. The normalized spacial score (nSPS) is 12.8. The summed E-state index contributed by atoms with van der Waals surface area (Å²) in [6, 6.07) is 54.2. The fraction of sp³-hybridized carbons (Fsp3) is 0.0392. The Bertz CT molecular complexity index is 3300. The van der Waals surface area contributed by atoms with Crippen LogP contribution < -0.4 is 5.32 Å². The van der Waals surface area contributed by atoms with Crippen LogP contribution in [0.4, 0.5) is 18.9 Å². The average molecular weight is 744 g/mol. The van der Waals surface area contributed by atoms with Crippen LogP contribution in [0.15, 0.2) is 170 Å². The van der Waals surface area contributed by atoms with Crippen LogP contribution in [0.25, 0.3) is 99.4 Å². The summed E-state index contributed by atoms with van der Waals surface area (Å²) < 4.78 is 46.5. The Morgan fingerprint density at radius 2 is 1.07 bits per heavy atom. The summed E-state index contributed by atoms with van der Waals surface area (Å²) in [7, 11) is 0. The maximum atomic E-state index is 14.9. The fourth-order valence-corrected chi connectivity index (χ4v) is 8.77. The van der Waals surface area contributed by atoms with E-state index in [0.29, 0.717) is 12.1 Å². The predicted octanol–water partition coefficient (Wildman–Crippen LogP) is 14.1. The van der Waals surface area contributed by atoms with Crippen LogP contribution >= 0.6 is 0 Å². The highest BCUT2D eigenvalue weighted by atomic mass is 19.4. The first-order chi connectivity index (χ1) is 27.9. The molecule has 0 bridgehead atoms. The van der Waals surface area contributed by atoms with Crippen molar-refractivity contribution in [2.45, 2.75) is 6.18 Å². The molecule has 6 heteroatoms. The van der Waals surface area contributed by atoms with Gasteiger partial charge in [0.05, 0.1) is 28.2 Å². The van der Waals surface area contributed by atoms with Crippen molar-refractivity contribution in [3.8, 4) is 39.3 Å². The van der Waals surface area contributed by atoms with E-state index in [0.717, 1.165) is 93.7 Å². The van der Waals surface area contributed by atoms with Gasteiger partial charge < -0.3 is 5.32 Å². The summed E-state index contributed by atoms with van der Waals surface area (Å²) in [5.41, 5.74) is 6.70. The minimum Gasteiger partial charge on any atom is -0.379 e. The number of para-hydroxylation sites is 1. The summed E-state index contributed by atoms with van der Waals surface area (Å²) in [6.07, 6.45) is -0.670. The van der Waals surface area contributed by atoms with Crippen molar-refractivity contribution in [2.75, 3.05) is 11.9 Å². The van der Waals surface area contributed by atoms with Gasteiger partial charge in [-0.25, -0.2) is 4.98 Å². The number of hydrogen-bond acceptors (Lipinski definition) is 2. The number of nitrogens with zero attached hydrogens (tertiary/aromatic N) is 2. The minimum atomic E-state index is -4.60. The van der Waals surface area contributed by atoms with E-state index in [4.69, 9.17) is 4.98 Å². The predicted molar refractivity (Wildman–Crippen MR) is 230 cm³/mol. The summed E-state index contributed by atoms with van der Waals surface area (Å²) in [6.45, 7) is 0.634. The van der Waals surface area contributed by atoms with E-state index in [1.54, 1.807) is 0 Å². The van der Waals surface area contributed by atoms with Crippen molar-refractivity contribution in [1.29, 1.82) is 0 Å². The molecule has 11 rings (SSSR count). The number of nitrogens with one attached hydrogen (secondary N) is 1. The Morgan fingerprint density at radius 3 is 1.74 bits per heavy atom. The van der Waals surface area contributed by atoms with E-state index in [-0.39, 0.29) is 11.5 Å². The summed E-state index contributed by atoms with van der Waals surface area (Å²) in [4.78, 5) is 5.05. The van der Waals surface area contributed by atoms with E-state index in [1.165, 1.54) is 6.07 Å². The molecular weight excluding hydrogens is 712 g/mol. The Hall–Kier alpha value is -7.18. The number of halogens is 3. The molecule has 1 aliphatic rings. The number of aromatic nitrogens is 2. The maximum Gasteiger partial charge on any atom is 0.416 e. The van der Waals surface area contributed by atoms with Crippen molar-refractivity contribution < 1.29 is 13.2 Å². The number of alkyl halides is 3. The number of pyridine rings is 1. The highest BCUT2D eigenvalue weighted by Gasteiger charge is 2.33. The van der Waals surface area contributed by atoms with Gasteiger partial charge in [-0.3, -0.25) is 4.57 Å². The zero-order chi connectivity index (χ0) is 38.3. The SMILES string of the molecule is FC(F)(F)c1cc(-c2ccc3c(-c4ccc5ccccc5c4)c4ccccc4c(-c4ccc5ccccc5c4)c3c2)nc(-n2c3c(c4ccccc42)NCC=C3)c1. The lowest BCUT2D eigenvalue weighted by Gasteiger charge is -2.20. The lowest BCUT2D eigenvalue weighted by molar-refractivity contribution is -0.137. The molecule has 0 amide bonds. The molecular formula is C51H32F3N3. The van der Waals surface area contributed by atoms with Crippen LogP contribution in [0, 0.1) is 0 Å². The zero-order valence-corrected chi connectivity index (χ0v) is 30.5. The Morgan fingerprint density at radius 1 is 0.509 bits per heavy atom. The summed E-state index contributed by atoms with van der Waals surface area (Å²) in [5.74, 6) is 0.204. The second kappa shape index (κ2) is 12.7. The Kier molecular flexibility index (Phi) is 7.38. The Balaban J connectivity index is 1.22. The van der Waals surface area contributed by atoms with Crippen LogP contribution in [0.3, 0.4) is 0 Å². The number of fused-ring (bicyclic) bond motifs is 7. The van der Waals surface area contributed by atoms with Gasteiger partial charge in [-0.15, -0.1) is 0 Å². The van der Waals surface area contributed by atoms with Gasteiger partial charge in [0.1, 0.15) is 5.82 Å². The van der Waals surface area contributed by atoms with Crippen molar-refractivity contribution in [1.82, 2.24) is 9.55 Å². The average Bonchev–Trinajstić information content (AvgIpc) is 3.59. The van der Waals surface area contributed by atoms with Crippen molar-refractivity contribution >= 4 is 65.8 Å². The van der Waals surface area contributed by atoms with Gasteiger partial charge in [-0.05, 0) is 108 Å². The van der Waals surface area contributed by atoms with Crippen molar-refractivity contribution in [3.63, 3.8) is 0 Å². The molecule has 272 valence electrons. The van der Waals surface area contributed by atoms with E-state index in [1.807, 2.05) is 77.4 Å². The van der Waals surface area contributed by atoms with Crippen molar-refractivity contribution in [3.05, 3.63) is 181 Å². The van der Waals surface area contributed by atoms with Crippen molar-refractivity contribution in [2.24, 2.45) is 0 Å². The first-order valence-electron chi connectivity index (χ1n) is 19.0. The molecule has 0 saturated carbocycles. The molecule has 2 aromatic heterocycles. The first kappa shape index (κ1) is 33.2. The highest BCUT2D eigenvalue weighted by molar-refractivity contribution is 6.22. The molecule has 1 N–H and O–H groups in total. The molecule has 3 nitrogen and oxygen atoms in total. The van der Waals surface area contributed by atoms with Crippen LogP contribution in [-0.2, 0) is 6.18 Å². The molecule has 0 radical (unpaired) electrons. The second-order valence-electron chi connectivity index (χ2n) is 14.7. The lowest BCUT2D eigenvalue weighted by atomic mass is 9.84. The first-order valence-corrected chi connectivity index (χ1v) is 19.0. The van der Waals surface area contributed by atoms with Crippen LogP contribution in [0.5, 0.6) is 0 Å². The smallest absolute Gasteiger partial charge is 0.379 e. The topological polar surface area (TPSA) is 29.9 Å². The van der Waals surface area contributed by atoms with E-state index < -0.39 is 11.7 Å². The van der Waals surface area contributed by atoms with Gasteiger partial charge in [0, 0.05) is 17.5 Å². The van der Waals surface area contributed by atoms with E-state index in [9.17, 15) is 13.2 Å². The largest absolute Gasteiger partial charge is 0.416 e. The molecule has 8 aromatic carbocycles. The van der Waals surface area contributed by atoms with E-state index in [2.05, 4.69) is 96.3 Å². The van der Waals surface area contributed by atoms with Crippen LogP contribution in [0.1, 0.15) is 11.3 Å². The fourth-order valence-electron chi connectivity index (χ4n) is 8.77. The van der Waals surface area contributed by atoms with Gasteiger partial charge in [0.15, 0.2) is 0 Å². The maximum absolute atomic E-state index is 14.9. The molecule has 0 unspecified atom stereocenters. The number of hydrogen-bond donors (Lipinski definition) is 1. The lowest BCUT2D eigenvalue weighted by Crippen LogP contribution is -2.11. The van der Waals surface area contributed by atoms with Gasteiger partial charge in [0.2, 0.25) is 0 Å². The molecule has 0 atom stereocenters. The number of anilines is 1. The third-order valence-corrected chi connectivity index (χ3v) is 11.3. The minimum absolute atomic E-state index is 0.204. The molecule has 0 fully saturated rings. The third-order valence-electron chi connectivity index (χ3n) is 11.3.